The summed E-state index contributed by atoms with van der Waals surface area (Å²) >= 11 is 0. The topological polar surface area (TPSA) is 140 Å². The van der Waals surface area contributed by atoms with Gasteiger partial charge in [0.2, 0.25) is 11.5 Å². The number of H-pyrrole nitrogens is 2. The first-order valence-electron chi connectivity index (χ1n) is 8.81. The van der Waals surface area contributed by atoms with Crippen molar-refractivity contribution in [3.8, 4) is 0 Å². The third-order valence-corrected chi connectivity index (χ3v) is 4.64. The van der Waals surface area contributed by atoms with E-state index in [2.05, 4.69) is 35.1 Å². The Labute approximate surface area is 158 Å². The number of nitrogens with one attached hydrogen (secondary N) is 3. The molecule has 4 rings (SSSR count). The number of aromatic amines is 2. The highest BCUT2D eigenvalue weighted by Gasteiger charge is 2.20. The van der Waals surface area contributed by atoms with Crippen LogP contribution in [-0.2, 0) is 6.54 Å². The maximum Gasteiger partial charge on any atom is 0.327 e. The summed E-state index contributed by atoms with van der Waals surface area (Å²) in [6, 6.07) is 3.59. The number of rotatable bonds is 4. The molecule has 1 amide bonds. The lowest BCUT2D eigenvalue weighted by Gasteiger charge is -2.35. The van der Waals surface area contributed by atoms with Gasteiger partial charge in [-0.3, -0.25) is 24.5 Å². The van der Waals surface area contributed by atoms with E-state index in [-0.39, 0.29) is 17.1 Å². The molecule has 0 aliphatic carbocycles. The number of nitrogens with zero attached hydrogens (tertiary/aromatic N) is 4. The molecule has 0 atom stereocenters. The van der Waals surface area contributed by atoms with E-state index >= 15 is 0 Å². The van der Waals surface area contributed by atoms with E-state index in [0.29, 0.717) is 18.1 Å². The summed E-state index contributed by atoms with van der Waals surface area (Å²) in [5, 5.41) is 2.55. The van der Waals surface area contributed by atoms with Crippen LogP contribution in [0.4, 0.5) is 5.69 Å². The predicted octanol–water partition coefficient (Wildman–Crippen LogP) is -0.719. The van der Waals surface area contributed by atoms with Crippen LogP contribution in [0.15, 0.2) is 32.3 Å². The van der Waals surface area contributed by atoms with E-state index in [1.165, 1.54) is 0 Å². The van der Waals surface area contributed by atoms with Crippen molar-refractivity contribution in [2.45, 2.75) is 6.54 Å². The molecule has 3 aromatic rings. The number of piperazine rings is 1. The molecule has 1 aliphatic rings. The van der Waals surface area contributed by atoms with Crippen LogP contribution in [0, 0.1) is 0 Å². The zero-order chi connectivity index (χ0) is 19.7. The number of anilines is 1. The van der Waals surface area contributed by atoms with E-state index in [1.54, 1.807) is 19.3 Å². The summed E-state index contributed by atoms with van der Waals surface area (Å²) < 4.78 is 5.49. The van der Waals surface area contributed by atoms with E-state index in [0.717, 1.165) is 31.9 Å². The van der Waals surface area contributed by atoms with Gasteiger partial charge in [0.1, 0.15) is 5.69 Å². The highest BCUT2D eigenvalue weighted by atomic mass is 16.4. The summed E-state index contributed by atoms with van der Waals surface area (Å²) in [7, 11) is 1.57. The van der Waals surface area contributed by atoms with Crippen molar-refractivity contribution in [3.05, 3.63) is 50.8 Å². The summed E-state index contributed by atoms with van der Waals surface area (Å²) in [5.41, 5.74) is 0.323. The molecule has 4 heterocycles. The van der Waals surface area contributed by atoms with Crippen LogP contribution in [0.5, 0.6) is 0 Å². The second-order valence-corrected chi connectivity index (χ2v) is 6.44. The normalized spacial score (nSPS) is 15.1. The lowest BCUT2D eigenvalue weighted by molar-refractivity contribution is 0.0958. The zero-order valence-corrected chi connectivity index (χ0v) is 15.2. The Morgan fingerprint density at radius 3 is 2.68 bits per heavy atom. The predicted molar refractivity (Wildman–Crippen MR) is 100 cm³/mol. The molecule has 11 nitrogen and oxygen atoms in total. The first kappa shape index (κ1) is 17.9. The van der Waals surface area contributed by atoms with Crippen molar-refractivity contribution in [2.75, 3.05) is 38.1 Å². The number of pyridine rings is 1. The Morgan fingerprint density at radius 1 is 1.21 bits per heavy atom. The Kier molecular flexibility index (Phi) is 4.65. The van der Waals surface area contributed by atoms with Crippen LogP contribution in [-0.4, -0.2) is 64.0 Å². The maximum atomic E-state index is 11.7. The Morgan fingerprint density at radius 2 is 2.00 bits per heavy atom. The maximum absolute atomic E-state index is 11.7. The molecule has 0 bridgehead atoms. The van der Waals surface area contributed by atoms with E-state index in [4.69, 9.17) is 4.42 Å². The van der Waals surface area contributed by atoms with Crippen LogP contribution in [0.25, 0.3) is 11.2 Å². The minimum Gasteiger partial charge on any atom is -0.432 e. The molecule has 0 aromatic carbocycles. The van der Waals surface area contributed by atoms with Crippen LogP contribution in [0.3, 0.4) is 0 Å². The first-order chi connectivity index (χ1) is 13.5. The second-order valence-electron chi connectivity index (χ2n) is 6.44. The third kappa shape index (κ3) is 3.51. The average molecular weight is 385 g/mol. The number of carbonyl (C=O) groups excluding carboxylic acids is 1. The van der Waals surface area contributed by atoms with Gasteiger partial charge in [-0.2, -0.15) is 4.98 Å². The van der Waals surface area contributed by atoms with Crippen LogP contribution < -0.4 is 21.5 Å². The fourth-order valence-electron chi connectivity index (χ4n) is 3.16. The first-order valence-corrected chi connectivity index (χ1v) is 8.81. The van der Waals surface area contributed by atoms with Crippen LogP contribution >= 0.6 is 0 Å². The smallest absolute Gasteiger partial charge is 0.327 e. The molecule has 1 aliphatic heterocycles. The summed E-state index contributed by atoms with van der Waals surface area (Å²) in [6.07, 6.45) is 1.70. The van der Waals surface area contributed by atoms with Crippen molar-refractivity contribution in [3.63, 3.8) is 0 Å². The number of carbonyl (C=O) groups is 1. The Balaban J connectivity index is 1.39. The molecule has 146 valence electrons. The van der Waals surface area contributed by atoms with Crippen LogP contribution in [0.2, 0.25) is 0 Å². The number of fused-ring (bicyclic) bond motifs is 1. The lowest BCUT2D eigenvalue weighted by Crippen LogP contribution is -2.46. The standard InChI is InChI=1S/C17H19N7O4/c1-18-15(25)11-3-2-10(8-19-11)24-6-4-23(5-7-24)9-12-20-14-13(28-12)16(26)22-17(27)21-14/h2-3,8H,4-7,9H2,1H3,(H,18,25)(H2,21,22,26,27). The summed E-state index contributed by atoms with van der Waals surface area (Å²) in [6.45, 7) is 3.53. The van der Waals surface area contributed by atoms with Gasteiger partial charge in [0.15, 0.2) is 5.65 Å². The molecule has 3 aromatic heterocycles. The average Bonchev–Trinajstić information content (AvgIpc) is 3.11. The monoisotopic (exact) mass is 385 g/mol. The van der Waals surface area contributed by atoms with Gasteiger partial charge in [0.25, 0.3) is 11.5 Å². The number of oxazole rings is 1. The van der Waals surface area contributed by atoms with Crippen molar-refractivity contribution in [1.29, 1.82) is 0 Å². The fraction of sp³-hybridized carbons (Fsp3) is 0.353. The van der Waals surface area contributed by atoms with Gasteiger partial charge in [-0.1, -0.05) is 0 Å². The molecular weight excluding hydrogens is 366 g/mol. The molecule has 1 saturated heterocycles. The molecular formula is C17H19N7O4. The molecule has 0 spiro atoms. The van der Waals surface area contributed by atoms with Gasteiger partial charge in [-0.05, 0) is 12.1 Å². The Hall–Kier alpha value is -3.47. The number of aromatic nitrogens is 4. The SMILES string of the molecule is CNC(=O)c1ccc(N2CCN(Cc3nc4[nH]c(=O)[nH]c(=O)c4o3)CC2)cn1. The van der Waals surface area contributed by atoms with Gasteiger partial charge in [-0.25, -0.2) is 9.78 Å². The number of hydrogen-bond acceptors (Lipinski definition) is 8. The van der Waals surface area contributed by atoms with E-state index in [1.807, 2.05) is 6.07 Å². The van der Waals surface area contributed by atoms with Crippen molar-refractivity contribution in [2.24, 2.45) is 0 Å². The number of amides is 1. The molecule has 1 fully saturated rings. The zero-order valence-electron chi connectivity index (χ0n) is 15.2. The second kappa shape index (κ2) is 7.27. The molecule has 0 unspecified atom stereocenters. The minimum atomic E-state index is -0.609. The van der Waals surface area contributed by atoms with Gasteiger partial charge >= 0.3 is 5.69 Å². The van der Waals surface area contributed by atoms with Gasteiger partial charge < -0.3 is 14.6 Å². The van der Waals surface area contributed by atoms with Gasteiger partial charge in [0.05, 0.1) is 18.4 Å². The quantitative estimate of drug-likeness (QED) is 0.535. The Bertz CT molecular complexity index is 1110. The molecule has 0 saturated carbocycles. The molecule has 0 radical (unpaired) electrons. The highest BCUT2D eigenvalue weighted by Crippen LogP contribution is 2.17. The lowest BCUT2D eigenvalue weighted by atomic mass is 10.2. The third-order valence-electron chi connectivity index (χ3n) is 4.64. The van der Waals surface area contributed by atoms with Crippen molar-refractivity contribution >= 4 is 22.8 Å². The molecule has 28 heavy (non-hydrogen) atoms. The van der Waals surface area contributed by atoms with Crippen molar-refractivity contribution < 1.29 is 9.21 Å². The highest BCUT2D eigenvalue weighted by molar-refractivity contribution is 5.92. The van der Waals surface area contributed by atoms with E-state index in [9.17, 15) is 14.4 Å². The number of hydrogen-bond donors (Lipinski definition) is 3. The molecule has 3 N–H and O–H groups in total. The summed E-state index contributed by atoms with van der Waals surface area (Å²) in [4.78, 5) is 51.9. The van der Waals surface area contributed by atoms with Gasteiger partial charge in [0, 0.05) is 33.2 Å². The fourth-order valence-corrected chi connectivity index (χ4v) is 3.16. The molecule has 11 heteroatoms. The van der Waals surface area contributed by atoms with Gasteiger partial charge in [-0.15, -0.1) is 0 Å². The van der Waals surface area contributed by atoms with E-state index < -0.39 is 11.2 Å². The largest absolute Gasteiger partial charge is 0.432 e. The van der Waals surface area contributed by atoms with Crippen molar-refractivity contribution in [1.82, 2.24) is 30.2 Å². The van der Waals surface area contributed by atoms with Crippen LogP contribution in [0.1, 0.15) is 16.4 Å². The summed E-state index contributed by atoms with van der Waals surface area (Å²) in [5.74, 6) is 0.169. The minimum absolute atomic E-state index is 0.0236.